The van der Waals surface area contributed by atoms with Gasteiger partial charge in [0.25, 0.3) is 0 Å². The van der Waals surface area contributed by atoms with Crippen molar-refractivity contribution in [1.82, 2.24) is 4.57 Å². The van der Waals surface area contributed by atoms with Gasteiger partial charge < -0.3 is 14.4 Å². The molecule has 0 fully saturated rings. The van der Waals surface area contributed by atoms with Crippen molar-refractivity contribution in [3.8, 4) is 0 Å². The lowest BCUT2D eigenvalue weighted by Crippen LogP contribution is -2.59. The molecule has 0 aliphatic heterocycles. The van der Waals surface area contributed by atoms with Crippen LogP contribution in [0.4, 0.5) is 35.1 Å². The molecule has 0 saturated carbocycles. The minimum atomic E-state index is -6.34. The molecule has 3 aromatic rings. The second-order valence-corrected chi connectivity index (χ2v) is 7.02. The van der Waals surface area contributed by atoms with Crippen LogP contribution in [0.25, 0.3) is 21.8 Å². The van der Waals surface area contributed by atoms with E-state index in [9.17, 15) is 40.2 Å². The van der Waals surface area contributed by atoms with Gasteiger partial charge in [-0.2, -0.15) is 26.3 Å². The van der Waals surface area contributed by atoms with Gasteiger partial charge in [-0.25, -0.2) is 8.78 Å². The normalized spacial score (nSPS) is 14.6. The van der Waals surface area contributed by atoms with Crippen molar-refractivity contribution in [2.45, 2.75) is 36.8 Å². The summed E-state index contributed by atoms with van der Waals surface area (Å²) in [5.74, 6) is -18.2. The average Bonchev–Trinajstić information content (AvgIpc) is 3.01. The summed E-state index contributed by atoms with van der Waals surface area (Å²) >= 11 is 0. The van der Waals surface area contributed by atoms with Crippen LogP contribution in [0.1, 0.15) is 0 Å². The Bertz CT molecular complexity index is 997. The molecule has 0 spiro atoms. The van der Waals surface area contributed by atoms with E-state index in [1.54, 1.807) is 41.0 Å². The summed E-state index contributed by atoms with van der Waals surface area (Å²) in [7, 11) is 0. The molecule has 0 unspecified atom stereocenters. The van der Waals surface area contributed by atoms with Crippen LogP contribution in [-0.2, 0) is 11.3 Å². The Balaban J connectivity index is 1.70. The van der Waals surface area contributed by atoms with Gasteiger partial charge in [-0.1, -0.05) is 36.4 Å². The summed E-state index contributed by atoms with van der Waals surface area (Å²) in [5, 5.41) is 11.8. The zero-order valence-electron chi connectivity index (χ0n) is 15.7. The molecule has 0 saturated heterocycles. The Labute approximate surface area is 170 Å². The first-order valence-electron chi connectivity index (χ1n) is 9.03. The first kappa shape index (κ1) is 23.3. The predicted molar refractivity (Wildman–Crippen MR) is 97.1 cm³/mol. The number of aromatic nitrogens is 1. The lowest BCUT2D eigenvalue weighted by molar-refractivity contribution is -0.346. The largest absolute Gasteiger partial charge is 0.389 e. The van der Waals surface area contributed by atoms with Gasteiger partial charge in [0.05, 0.1) is 19.3 Å². The Morgan fingerprint density at radius 1 is 0.839 bits per heavy atom. The number of para-hydroxylation sites is 2. The zero-order chi connectivity index (χ0) is 23.0. The highest BCUT2D eigenvalue weighted by Gasteiger charge is 2.75. The van der Waals surface area contributed by atoms with Crippen LogP contribution in [-0.4, -0.2) is 53.2 Å². The van der Waals surface area contributed by atoms with Crippen molar-refractivity contribution < 1.29 is 45.0 Å². The number of nitrogens with zero attached hydrogens (tertiary/aromatic N) is 1. The monoisotopic (exact) mass is 455 g/mol. The molecule has 0 amide bonds. The van der Waals surface area contributed by atoms with Crippen LogP contribution in [0.2, 0.25) is 0 Å². The Hall–Kier alpha value is -2.40. The lowest BCUT2D eigenvalue weighted by Gasteiger charge is -2.32. The molecule has 31 heavy (non-hydrogen) atoms. The average molecular weight is 455 g/mol. The van der Waals surface area contributed by atoms with E-state index in [0.717, 1.165) is 10.8 Å². The Morgan fingerprint density at radius 3 is 1.81 bits per heavy atom. The zero-order valence-corrected chi connectivity index (χ0v) is 15.7. The van der Waals surface area contributed by atoms with E-state index < -0.39 is 43.5 Å². The predicted octanol–water partition coefficient (Wildman–Crippen LogP) is 5.34. The van der Waals surface area contributed by atoms with Crippen LogP contribution in [0, 0.1) is 0 Å². The molecule has 0 aliphatic carbocycles. The maximum atomic E-state index is 13.5. The van der Waals surface area contributed by atoms with Gasteiger partial charge in [0.15, 0.2) is 0 Å². The quantitative estimate of drug-likeness (QED) is 0.442. The lowest BCUT2D eigenvalue weighted by atomic mass is 10.1. The molecular weight excluding hydrogens is 438 g/mol. The first-order valence-corrected chi connectivity index (χ1v) is 9.03. The van der Waals surface area contributed by atoms with Gasteiger partial charge in [0.2, 0.25) is 0 Å². The number of rotatable bonds is 9. The van der Waals surface area contributed by atoms with Crippen molar-refractivity contribution >= 4 is 21.8 Å². The molecule has 11 heteroatoms. The fourth-order valence-electron chi connectivity index (χ4n) is 3.26. The summed E-state index contributed by atoms with van der Waals surface area (Å²) in [4.78, 5) is 0. The van der Waals surface area contributed by atoms with Gasteiger partial charge in [0.1, 0.15) is 6.61 Å². The number of hydrogen-bond acceptors (Lipinski definition) is 2. The van der Waals surface area contributed by atoms with Crippen LogP contribution >= 0.6 is 0 Å². The van der Waals surface area contributed by atoms with Gasteiger partial charge >= 0.3 is 24.2 Å². The van der Waals surface area contributed by atoms with Crippen molar-refractivity contribution in [3.05, 3.63) is 48.5 Å². The van der Waals surface area contributed by atoms with Crippen molar-refractivity contribution in [2.75, 3.05) is 13.2 Å². The number of aliphatic hydroxyl groups is 1. The standard InChI is InChI=1S/C20H17F8NO2/c21-17(22)19(25,26)20(27,28)18(23,24)11-31-10-12(30)9-29-15-7-3-1-5-13(15)14-6-2-4-8-16(14)29/h1-8,12,17,30H,9-11H2/t12-/m0/s1. The van der Waals surface area contributed by atoms with E-state index in [4.69, 9.17) is 0 Å². The third-order valence-electron chi connectivity index (χ3n) is 4.82. The minimum absolute atomic E-state index is 0.177. The van der Waals surface area contributed by atoms with Crippen LogP contribution in [0.5, 0.6) is 0 Å². The molecule has 0 aliphatic rings. The third-order valence-corrected chi connectivity index (χ3v) is 4.82. The van der Waals surface area contributed by atoms with Gasteiger partial charge in [-0.05, 0) is 12.1 Å². The maximum Gasteiger partial charge on any atom is 0.380 e. The Kier molecular flexibility index (Phi) is 6.21. The molecule has 1 N–H and O–H groups in total. The number of halogens is 8. The van der Waals surface area contributed by atoms with Crippen molar-refractivity contribution in [2.24, 2.45) is 0 Å². The van der Waals surface area contributed by atoms with Crippen LogP contribution < -0.4 is 0 Å². The highest BCUT2D eigenvalue weighted by atomic mass is 19.4. The molecule has 3 rings (SSSR count). The topological polar surface area (TPSA) is 34.4 Å². The number of benzene rings is 2. The number of hydrogen-bond donors (Lipinski definition) is 1. The fraction of sp³-hybridized carbons (Fsp3) is 0.400. The highest BCUT2D eigenvalue weighted by Crippen LogP contribution is 2.48. The maximum absolute atomic E-state index is 13.5. The van der Waals surface area contributed by atoms with Gasteiger partial charge in [-0.3, -0.25) is 0 Å². The smallest absolute Gasteiger partial charge is 0.380 e. The molecule has 3 nitrogen and oxygen atoms in total. The minimum Gasteiger partial charge on any atom is -0.389 e. The SMILES string of the molecule is O[C@H](COCC(F)(F)C(F)(F)C(F)(F)C(F)F)Cn1c2ccccc2c2ccccc21. The highest BCUT2D eigenvalue weighted by molar-refractivity contribution is 6.07. The van der Waals surface area contributed by atoms with E-state index in [1.807, 2.05) is 12.1 Å². The molecule has 170 valence electrons. The third kappa shape index (κ3) is 4.08. The molecule has 1 heterocycles. The van der Waals surface area contributed by atoms with Crippen LogP contribution in [0.15, 0.2) is 48.5 Å². The molecule has 1 aromatic heterocycles. The summed E-state index contributed by atoms with van der Waals surface area (Å²) in [6.07, 6.45) is -6.46. The molecule has 0 radical (unpaired) electrons. The fourth-order valence-corrected chi connectivity index (χ4v) is 3.26. The molecular formula is C20H17F8NO2. The van der Waals surface area contributed by atoms with Crippen molar-refractivity contribution in [1.29, 1.82) is 0 Å². The summed E-state index contributed by atoms with van der Waals surface area (Å²) in [6, 6.07) is 14.3. The second-order valence-electron chi connectivity index (χ2n) is 7.02. The van der Waals surface area contributed by atoms with Gasteiger partial charge in [0, 0.05) is 21.8 Å². The van der Waals surface area contributed by atoms with E-state index in [0.29, 0.717) is 11.0 Å². The first-order chi connectivity index (χ1) is 14.4. The number of alkyl halides is 8. The van der Waals surface area contributed by atoms with E-state index >= 15 is 0 Å². The van der Waals surface area contributed by atoms with Gasteiger partial charge in [-0.15, -0.1) is 0 Å². The van der Waals surface area contributed by atoms with E-state index in [1.165, 1.54) is 0 Å². The molecule has 0 bridgehead atoms. The number of ether oxygens (including phenoxy) is 1. The molecule has 2 aromatic carbocycles. The Morgan fingerprint density at radius 2 is 1.32 bits per heavy atom. The summed E-state index contributed by atoms with van der Waals surface area (Å²) in [6.45, 7) is -3.36. The summed E-state index contributed by atoms with van der Waals surface area (Å²) in [5.41, 5.74) is 1.41. The van der Waals surface area contributed by atoms with Crippen LogP contribution in [0.3, 0.4) is 0 Å². The second kappa shape index (κ2) is 8.27. The number of fused-ring (bicyclic) bond motifs is 3. The van der Waals surface area contributed by atoms with Crippen molar-refractivity contribution in [3.63, 3.8) is 0 Å². The number of aliphatic hydroxyl groups excluding tert-OH is 1. The van der Waals surface area contributed by atoms with E-state index in [2.05, 4.69) is 4.74 Å². The molecule has 1 atom stereocenters. The summed E-state index contributed by atoms with van der Waals surface area (Å²) < 4.78 is 110. The van der Waals surface area contributed by atoms with E-state index in [-0.39, 0.29) is 6.54 Å².